The Bertz CT molecular complexity index is 2950. The van der Waals surface area contributed by atoms with E-state index in [4.69, 9.17) is 0 Å². The molecule has 0 amide bonds. The number of hydrogen-bond acceptors (Lipinski definition) is 3. The van der Waals surface area contributed by atoms with Crippen molar-refractivity contribution in [1.29, 1.82) is 0 Å². The normalized spacial score (nSPS) is 12.2. The van der Waals surface area contributed by atoms with Gasteiger partial charge >= 0.3 is 0 Å². The summed E-state index contributed by atoms with van der Waals surface area (Å²) in [4.78, 5) is 7.29. The van der Waals surface area contributed by atoms with Gasteiger partial charge in [0, 0.05) is 62.7 Å². The van der Waals surface area contributed by atoms with Gasteiger partial charge in [0.1, 0.15) is 0 Å². The maximum absolute atomic E-state index is 2.54. The maximum Gasteiger partial charge on any atom is 0.244 e. The lowest BCUT2D eigenvalue weighted by Gasteiger charge is -2.33. The molecule has 0 unspecified atom stereocenters. The summed E-state index contributed by atoms with van der Waals surface area (Å²) >= 11 is 0. The van der Waals surface area contributed by atoms with Gasteiger partial charge in [-0.3, -0.25) is 0 Å². The summed E-state index contributed by atoms with van der Waals surface area (Å²) in [5, 5.41) is 7.52. The largest absolute Gasteiger partial charge is 0.345 e. The molecule has 4 heteroatoms. The lowest BCUT2D eigenvalue weighted by molar-refractivity contribution is 1.23. The highest BCUT2D eigenvalue weighted by Gasteiger charge is 2.34. The lowest BCUT2D eigenvalue weighted by atomic mass is 9.36. The van der Waals surface area contributed by atoms with Crippen molar-refractivity contribution in [3.05, 3.63) is 212 Å². The third-order valence-corrected chi connectivity index (χ3v) is 11.8. The minimum Gasteiger partial charge on any atom is -0.345 e. The van der Waals surface area contributed by atoms with Crippen LogP contribution in [0.3, 0.4) is 0 Å². The molecular weight excluding hydrogens is 689 g/mol. The number of hydrogen-bond donors (Lipinski definition) is 0. The van der Waals surface area contributed by atoms with Crippen LogP contribution in [0, 0.1) is 0 Å². The van der Waals surface area contributed by atoms with Crippen molar-refractivity contribution in [3.63, 3.8) is 0 Å². The molecule has 57 heavy (non-hydrogen) atoms. The quantitative estimate of drug-likeness (QED) is 0.120. The fraction of sp³-hybridized carbons (Fsp3) is 0.0189. The Balaban J connectivity index is 1.35. The van der Waals surface area contributed by atoms with Crippen molar-refractivity contribution in [2.45, 2.75) is 0 Å². The molecule has 0 bridgehead atoms. The van der Waals surface area contributed by atoms with E-state index < -0.39 is 0 Å². The monoisotopic (exact) mass is 727 g/mol. The van der Waals surface area contributed by atoms with Crippen LogP contribution >= 0.6 is 0 Å². The molecule has 0 N–H and O–H groups in total. The number of para-hydroxylation sites is 5. The van der Waals surface area contributed by atoms with Gasteiger partial charge in [-0.15, -0.1) is 0 Å². The third-order valence-electron chi connectivity index (χ3n) is 11.8. The first kappa shape index (κ1) is 33.1. The summed E-state index contributed by atoms with van der Waals surface area (Å²) in [6, 6.07) is 77.6. The molecule has 10 aromatic rings. The Kier molecular flexibility index (Phi) is 7.82. The second-order valence-corrected chi connectivity index (χ2v) is 14.9. The maximum atomic E-state index is 2.54. The molecular formula is C53H38BN3. The van der Waals surface area contributed by atoms with E-state index in [0.29, 0.717) is 0 Å². The molecule has 1 aliphatic rings. The van der Waals surface area contributed by atoms with Crippen molar-refractivity contribution >= 4 is 101 Å². The van der Waals surface area contributed by atoms with Crippen LogP contribution in [-0.2, 0) is 0 Å². The number of benzene rings is 10. The molecule has 1 aliphatic heterocycles. The van der Waals surface area contributed by atoms with Crippen LogP contribution in [0.15, 0.2) is 212 Å². The Morgan fingerprint density at radius 1 is 0.368 bits per heavy atom. The van der Waals surface area contributed by atoms with Crippen LogP contribution in [0.25, 0.3) is 32.3 Å². The number of rotatable bonds is 7. The third kappa shape index (κ3) is 5.29. The summed E-state index contributed by atoms with van der Waals surface area (Å²) in [6.07, 6.45) is 0. The second-order valence-electron chi connectivity index (χ2n) is 14.9. The first-order chi connectivity index (χ1) is 28.2. The molecule has 0 aliphatic carbocycles. The van der Waals surface area contributed by atoms with Crippen molar-refractivity contribution < 1.29 is 0 Å². The predicted octanol–water partition coefficient (Wildman–Crippen LogP) is 12.1. The van der Waals surface area contributed by atoms with Gasteiger partial charge < -0.3 is 14.7 Å². The zero-order chi connectivity index (χ0) is 37.9. The molecule has 0 saturated heterocycles. The van der Waals surface area contributed by atoms with Gasteiger partial charge in [0.25, 0.3) is 0 Å². The Morgan fingerprint density at radius 2 is 0.842 bits per heavy atom. The molecule has 10 aromatic carbocycles. The SMILES string of the molecule is CN1c2ccccc2B(c2ccccc2)c2cc3c(N(c4ccccc4)c4ccccc4)cc(N(c4ccccc4)c4ccccc4)c4ccc5ccc1c2c5c43. The van der Waals surface area contributed by atoms with E-state index in [1.165, 1.54) is 60.1 Å². The van der Waals surface area contributed by atoms with Crippen molar-refractivity contribution in [2.75, 3.05) is 21.7 Å². The molecule has 0 aromatic heterocycles. The van der Waals surface area contributed by atoms with Crippen LogP contribution in [0.1, 0.15) is 0 Å². The molecule has 0 saturated carbocycles. The van der Waals surface area contributed by atoms with Gasteiger partial charge in [-0.2, -0.15) is 0 Å². The topological polar surface area (TPSA) is 9.72 Å². The number of fused-ring (bicyclic) bond motifs is 1. The molecule has 0 atom stereocenters. The number of nitrogens with zero attached hydrogens (tertiary/aromatic N) is 3. The van der Waals surface area contributed by atoms with E-state index in [-0.39, 0.29) is 6.71 Å². The fourth-order valence-corrected chi connectivity index (χ4v) is 9.36. The zero-order valence-corrected chi connectivity index (χ0v) is 31.6. The highest BCUT2D eigenvalue weighted by atomic mass is 15.2. The second kappa shape index (κ2) is 13.5. The molecule has 3 nitrogen and oxygen atoms in total. The van der Waals surface area contributed by atoms with Crippen LogP contribution in [0.2, 0.25) is 0 Å². The average Bonchev–Trinajstić information content (AvgIpc) is 3.38. The molecule has 1 heterocycles. The summed E-state index contributed by atoms with van der Waals surface area (Å²) in [5.41, 5.74) is 13.0. The molecule has 0 radical (unpaired) electrons. The molecule has 268 valence electrons. The van der Waals surface area contributed by atoms with Crippen LogP contribution in [-0.4, -0.2) is 13.8 Å². The van der Waals surface area contributed by atoms with Crippen LogP contribution < -0.4 is 31.1 Å². The van der Waals surface area contributed by atoms with E-state index in [2.05, 4.69) is 234 Å². The Labute approximate surface area is 333 Å². The predicted molar refractivity (Wildman–Crippen MR) is 245 cm³/mol. The smallest absolute Gasteiger partial charge is 0.244 e. The van der Waals surface area contributed by atoms with E-state index in [0.717, 1.165) is 34.1 Å². The van der Waals surface area contributed by atoms with Gasteiger partial charge in [-0.25, -0.2) is 0 Å². The van der Waals surface area contributed by atoms with Crippen LogP contribution in [0.4, 0.5) is 45.5 Å². The van der Waals surface area contributed by atoms with E-state index >= 15 is 0 Å². The van der Waals surface area contributed by atoms with Gasteiger partial charge in [-0.1, -0.05) is 157 Å². The van der Waals surface area contributed by atoms with Crippen LogP contribution in [0.5, 0.6) is 0 Å². The summed E-state index contributed by atoms with van der Waals surface area (Å²) in [5.74, 6) is 0. The van der Waals surface area contributed by atoms with E-state index in [1.54, 1.807) is 0 Å². The van der Waals surface area contributed by atoms with Crippen molar-refractivity contribution in [3.8, 4) is 0 Å². The highest BCUT2D eigenvalue weighted by Crippen LogP contribution is 2.51. The first-order valence-electron chi connectivity index (χ1n) is 19.7. The van der Waals surface area contributed by atoms with Crippen molar-refractivity contribution in [1.82, 2.24) is 0 Å². The molecule has 0 spiro atoms. The minimum absolute atomic E-state index is 0.0136. The summed E-state index contributed by atoms with van der Waals surface area (Å²) < 4.78 is 0. The fourth-order valence-electron chi connectivity index (χ4n) is 9.36. The Morgan fingerprint density at radius 3 is 1.40 bits per heavy atom. The number of anilines is 8. The summed E-state index contributed by atoms with van der Waals surface area (Å²) in [6.45, 7) is 0.0136. The van der Waals surface area contributed by atoms with Gasteiger partial charge in [0.2, 0.25) is 6.71 Å². The van der Waals surface area contributed by atoms with Crippen molar-refractivity contribution in [2.24, 2.45) is 0 Å². The zero-order valence-electron chi connectivity index (χ0n) is 31.6. The molecule has 11 rings (SSSR count). The lowest BCUT2D eigenvalue weighted by Crippen LogP contribution is -2.52. The minimum atomic E-state index is 0.0136. The van der Waals surface area contributed by atoms with Gasteiger partial charge in [0.05, 0.1) is 11.4 Å². The first-order valence-corrected chi connectivity index (χ1v) is 19.7. The highest BCUT2D eigenvalue weighted by molar-refractivity contribution is 6.98. The van der Waals surface area contributed by atoms with Gasteiger partial charge in [-0.05, 0) is 83.0 Å². The average molecular weight is 728 g/mol. The standard InChI is InChI=1S/C53H38BN3/c1-55-47-30-18-17-29-45(47)54(38-19-7-2-8-20-38)46-35-44-50(57(41-25-13-5-14-26-41)42-27-15-6-16-28-42)36-49(43-33-31-37-32-34-48(55)53(46)51(37)52(43)44)56(39-21-9-3-10-22-39)40-23-11-4-12-24-40/h2-36H,1H3. The molecule has 0 fully saturated rings. The van der Waals surface area contributed by atoms with E-state index in [9.17, 15) is 0 Å². The Hall–Kier alpha value is -7.30. The van der Waals surface area contributed by atoms with E-state index in [1.807, 2.05) is 0 Å². The van der Waals surface area contributed by atoms with Gasteiger partial charge in [0.15, 0.2) is 0 Å². The summed E-state index contributed by atoms with van der Waals surface area (Å²) in [7, 11) is 2.23.